The lowest BCUT2D eigenvalue weighted by Crippen LogP contribution is -2.24. The van der Waals surface area contributed by atoms with Crippen LogP contribution in [0.2, 0.25) is 0 Å². The molecule has 2 rings (SSSR count). The van der Waals surface area contributed by atoms with Crippen LogP contribution in [-0.4, -0.2) is 24.5 Å². The van der Waals surface area contributed by atoms with Gasteiger partial charge in [-0.1, -0.05) is 90.7 Å². The Morgan fingerprint density at radius 1 is 0.703 bits per heavy atom. The zero-order valence-corrected chi connectivity index (χ0v) is 27.7. The molecule has 0 amide bonds. The van der Waals surface area contributed by atoms with Crippen LogP contribution < -0.4 is 9.47 Å². The normalized spacial score (nSPS) is 12.8. The van der Waals surface area contributed by atoms with Gasteiger partial charge in [0.2, 0.25) is 12.6 Å². The minimum absolute atomic E-state index is 0.296. The Balaban J connectivity index is 2.34. The molecule has 0 fully saturated rings. The molecular weight excluding hydrogens is 740 g/mol. The van der Waals surface area contributed by atoms with Gasteiger partial charge in [-0.3, -0.25) is 0 Å². The molecule has 2 aromatic carbocycles. The third-order valence-electron chi connectivity index (χ3n) is 5.13. The van der Waals surface area contributed by atoms with Crippen molar-refractivity contribution in [3.05, 3.63) is 77.6 Å². The molecule has 0 aliphatic carbocycles. The summed E-state index contributed by atoms with van der Waals surface area (Å²) in [5, 5.41) is 0. The molecule has 0 saturated carbocycles. The van der Waals surface area contributed by atoms with Crippen molar-refractivity contribution in [3.8, 4) is 11.5 Å². The van der Waals surface area contributed by atoms with Crippen molar-refractivity contribution >= 4 is 75.7 Å². The number of benzene rings is 2. The van der Waals surface area contributed by atoms with Gasteiger partial charge in [0.05, 0.1) is 0 Å². The zero-order valence-electron chi connectivity index (χ0n) is 21.3. The number of hydrogen-bond donors (Lipinski definition) is 0. The van der Waals surface area contributed by atoms with Crippen LogP contribution in [0.4, 0.5) is 0 Å². The van der Waals surface area contributed by atoms with Crippen molar-refractivity contribution in [2.75, 3.05) is 0 Å². The Hall–Kier alpha value is -1.62. The fraction of sp³-hybridized carbons (Fsp3) is 0.333. The van der Waals surface area contributed by atoms with Gasteiger partial charge in [0.25, 0.3) is 0 Å². The summed E-state index contributed by atoms with van der Waals surface area (Å²) >= 11 is 14.7. The van der Waals surface area contributed by atoms with Crippen LogP contribution in [0.15, 0.2) is 66.5 Å². The van der Waals surface area contributed by atoms with Gasteiger partial charge in [-0.15, -0.1) is 0 Å². The monoisotopic (exact) mass is 764 g/mol. The molecule has 200 valence electrons. The van der Waals surface area contributed by atoms with E-state index in [1.807, 2.05) is 24.3 Å². The summed E-state index contributed by atoms with van der Waals surface area (Å²) in [6, 6.07) is 7.29. The number of carbonyl (C=O) groups is 2. The van der Waals surface area contributed by atoms with Gasteiger partial charge >= 0.3 is 11.9 Å². The molecular formula is C27H28Br4O6. The number of rotatable bonds is 10. The maximum absolute atomic E-state index is 11.8. The van der Waals surface area contributed by atoms with Crippen molar-refractivity contribution < 1.29 is 28.5 Å². The lowest BCUT2D eigenvalue weighted by molar-refractivity contribution is -0.157. The number of hydrogen-bond acceptors (Lipinski definition) is 6. The standard InChI is InChI=1S/C27H28Br4O6/c1-13(2)25(32)36-15(5)34-17-9-19(28)23(20(29)10-17)27(7,8)24-21(30)11-18(12-22(24)31)35-16(6)37-26(33)14(3)4/h9-12,15-16H,1,3H2,2,4-8H3. The van der Waals surface area contributed by atoms with Gasteiger partial charge in [0.1, 0.15) is 11.5 Å². The third kappa shape index (κ3) is 8.18. The van der Waals surface area contributed by atoms with Crippen molar-refractivity contribution in [1.29, 1.82) is 0 Å². The average Bonchev–Trinajstić information content (AvgIpc) is 2.71. The van der Waals surface area contributed by atoms with E-state index in [1.54, 1.807) is 27.7 Å². The van der Waals surface area contributed by atoms with Gasteiger partial charge in [-0.05, 0) is 49.2 Å². The van der Waals surface area contributed by atoms with Crippen molar-refractivity contribution in [3.63, 3.8) is 0 Å². The van der Waals surface area contributed by atoms with Gasteiger partial charge in [0, 0.05) is 48.3 Å². The molecule has 0 N–H and O–H groups in total. The largest absolute Gasteiger partial charge is 0.455 e. The highest BCUT2D eigenvalue weighted by molar-refractivity contribution is 9.11. The maximum Gasteiger partial charge on any atom is 0.336 e. The topological polar surface area (TPSA) is 71.1 Å². The first-order valence-electron chi connectivity index (χ1n) is 11.1. The van der Waals surface area contributed by atoms with Crippen molar-refractivity contribution in [1.82, 2.24) is 0 Å². The van der Waals surface area contributed by atoms with Crippen LogP contribution in [0.5, 0.6) is 11.5 Å². The molecule has 0 saturated heterocycles. The van der Waals surface area contributed by atoms with Crippen LogP contribution in [0.3, 0.4) is 0 Å². The highest BCUT2D eigenvalue weighted by Crippen LogP contribution is 2.48. The van der Waals surface area contributed by atoms with Crippen LogP contribution >= 0.6 is 63.7 Å². The Labute approximate surface area is 251 Å². The van der Waals surface area contributed by atoms with E-state index in [0.717, 1.165) is 29.0 Å². The number of ether oxygens (including phenoxy) is 4. The lowest BCUT2D eigenvalue weighted by atomic mass is 9.78. The van der Waals surface area contributed by atoms with E-state index in [4.69, 9.17) is 18.9 Å². The molecule has 0 bridgehead atoms. The zero-order chi connectivity index (χ0) is 28.2. The highest BCUT2D eigenvalue weighted by Gasteiger charge is 2.33. The molecule has 6 nitrogen and oxygen atoms in total. The summed E-state index contributed by atoms with van der Waals surface area (Å²) in [4.78, 5) is 23.6. The number of carbonyl (C=O) groups excluding carboxylic acids is 2. The lowest BCUT2D eigenvalue weighted by Gasteiger charge is -2.31. The van der Waals surface area contributed by atoms with E-state index in [9.17, 15) is 9.59 Å². The van der Waals surface area contributed by atoms with Crippen molar-refractivity contribution in [2.45, 2.75) is 59.5 Å². The predicted octanol–water partition coefficient (Wildman–Crippen LogP) is 8.75. The summed E-state index contributed by atoms with van der Waals surface area (Å²) in [6.07, 6.45) is -1.59. The first-order chi connectivity index (χ1) is 17.0. The minimum Gasteiger partial charge on any atom is -0.455 e. The molecule has 0 heterocycles. The summed E-state index contributed by atoms with van der Waals surface area (Å²) < 4.78 is 25.2. The third-order valence-corrected chi connectivity index (χ3v) is 7.63. The number of halogens is 4. The highest BCUT2D eigenvalue weighted by atomic mass is 79.9. The minimum atomic E-state index is -0.797. The molecule has 0 aliphatic heterocycles. The van der Waals surface area contributed by atoms with E-state index in [-0.39, 0.29) is 0 Å². The molecule has 2 atom stereocenters. The molecule has 2 aromatic rings. The Morgan fingerprint density at radius 3 is 1.22 bits per heavy atom. The van der Waals surface area contributed by atoms with Crippen molar-refractivity contribution in [2.24, 2.45) is 0 Å². The van der Waals surface area contributed by atoms with E-state index < -0.39 is 29.9 Å². The summed E-state index contributed by atoms with van der Waals surface area (Å²) in [5.74, 6) is -0.0104. The number of esters is 2. The predicted molar refractivity (Wildman–Crippen MR) is 158 cm³/mol. The van der Waals surface area contributed by atoms with Crippen LogP contribution in [0, 0.1) is 0 Å². The molecule has 0 spiro atoms. The molecule has 0 radical (unpaired) electrons. The summed E-state index contributed by atoms with van der Waals surface area (Å²) in [5.41, 5.74) is 2.01. The van der Waals surface area contributed by atoms with Crippen LogP contribution in [0.1, 0.15) is 52.7 Å². The Kier molecular flexibility index (Phi) is 11.1. The molecule has 2 unspecified atom stereocenters. The van der Waals surface area contributed by atoms with E-state index in [1.165, 1.54) is 0 Å². The van der Waals surface area contributed by atoms with Gasteiger partial charge in [-0.2, -0.15) is 0 Å². The average molecular weight is 768 g/mol. The van der Waals surface area contributed by atoms with E-state index >= 15 is 0 Å². The van der Waals surface area contributed by atoms with Gasteiger partial charge in [-0.25, -0.2) is 9.59 Å². The second kappa shape index (κ2) is 13.0. The fourth-order valence-corrected chi connectivity index (χ4v) is 7.76. The fourth-order valence-electron chi connectivity index (χ4n) is 3.49. The molecule has 10 heteroatoms. The smallest absolute Gasteiger partial charge is 0.336 e. The van der Waals surface area contributed by atoms with E-state index in [2.05, 4.69) is 90.7 Å². The van der Waals surface area contributed by atoms with Gasteiger partial charge in [0.15, 0.2) is 0 Å². The Bertz CT molecular complexity index is 1100. The molecule has 37 heavy (non-hydrogen) atoms. The van der Waals surface area contributed by atoms with Crippen LogP contribution in [-0.2, 0) is 24.5 Å². The Morgan fingerprint density at radius 2 is 0.973 bits per heavy atom. The van der Waals surface area contributed by atoms with E-state index in [0.29, 0.717) is 22.6 Å². The second-order valence-corrected chi connectivity index (χ2v) is 12.3. The summed E-state index contributed by atoms with van der Waals surface area (Å²) in [6.45, 7) is 17.7. The summed E-state index contributed by atoms with van der Waals surface area (Å²) in [7, 11) is 0. The maximum atomic E-state index is 11.8. The first-order valence-corrected chi connectivity index (χ1v) is 14.3. The molecule has 0 aromatic heterocycles. The molecule has 0 aliphatic rings. The SMILES string of the molecule is C=C(C)C(=O)OC(C)Oc1cc(Br)c(C(C)(C)c2c(Br)cc(OC(C)OC(=O)C(=C)C)cc2Br)c(Br)c1. The first kappa shape index (κ1) is 31.6. The van der Waals surface area contributed by atoms with Crippen LogP contribution in [0.25, 0.3) is 0 Å². The quantitative estimate of drug-likeness (QED) is 0.137. The van der Waals surface area contributed by atoms with Gasteiger partial charge < -0.3 is 18.9 Å². The second-order valence-electron chi connectivity index (χ2n) is 8.89.